The molecule has 5 rings (SSSR count). The van der Waals surface area contributed by atoms with Crippen molar-refractivity contribution in [2.45, 2.75) is 52.4 Å². The second kappa shape index (κ2) is 9.11. The summed E-state index contributed by atoms with van der Waals surface area (Å²) in [5.41, 5.74) is 9.66. The number of fused-ring (bicyclic) bond motifs is 3. The van der Waals surface area contributed by atoms with Gasteiger partial charge >= 0.3 is 0 Å². The van der Waals surface area contributed by atoms with Crippen LogP contribution in [-0.2, 0) is 6.42 Å². The number of aromatic nitrogens is 2. The normalized spacial score (nSPS) is 13.8. The lowest BCUT2D eigenvalue weighted by Gasteiger charge is -2.20. The van der Waals surface area contributed by atoms with Gasteiger partial charge in [-0.05, 0) is 74.8 Å². The van der Waals surface area contributed by atoms with E-state index in [9.17, 15) is 5.26 Å². The lowest BCUT2D eigenvalue weighted by molar-refractivity contribution is 0.679. The van der Waals surface area contributed by atoms with Gasteiger partial charge in [0.1, 0.15) is 11.9 Å². The van der Waals surface area contributed by atoms with Gasteiger partial charge < -0.3 is 5.32 Å². The molecule has 0 saturated heterocycles. The molecule has 0 amide bonds. The fraction of sp³-hybridized carbons (Fsp3) is 0.310. The van der Waals surface area contributed by atoms with Gasteiger partial charge in [-0.3, -0.25) is 4.40 Å². The first-order chi connectivity index (χ1) is 16.2. The van der Waals surface area contributed by atoms with Crippen LogP contribution in [0.1, 0.15) is 59.9 Å². The van der Waals surface area contributed by atoms with Crippen molar-refractivity contribution >= 4 is 22.5 Å². The highest BCUT2D eigenvalue weighted by Crippen LogP contribution is 2.33. The van der Waals surface area contributed by atoms with Gasteiger partial charge in [0, 0.05) is 18.5 Å². The smallest absolute Gasteiger partial charge is 0.157 e. The number of nitrogens with one attached hydrogen (secondary N) is 1. The fourth-order valence-corrected chi connectivity index (χ4v) is 5.06. The van der Waals surface area contributed by atoms with E-state index in [0.29, 0.717) is 5.56 Å². The third-order valence-electron chi connectivity index (χ3n) is 6.99. The number of hydrogen-bond donors (Lipinski definition) is 1. The first-order valence-corrected chi connectivity index (χ1v) is 12.0. The van der Waals surface area contributed by atoms with Crippen LogP contribution in [0.3, 0.4) is 0 Å². The summed E-state index contributed by atoms with van der Waals surface area (Å²) in [4.78, 5) is 4.86. The first kappa shape index (κ1) is 21.3. The van der Waals surface area contributed by atoms with E-state index < -0.39 is 0 Å². The van der Waals surface area contributed by atoms with Crippen LogP contribution in [0.15, 0.2) is 60.2 Å². The van der Waals surface area contributed by atoms with Crippen molar-refractivity contribution < 1.29 is 0 Å². The Labute approximate surface area is 195 Å². The van der Waals surface area contributed by atoms with Crippen LogP contribution in [0, 0.1) is 25.2 Å². The molecule has 4 nitrogen and oxygen atoms in total. The van der Waals surface area contributed by atoms with E-state index in [1.807, 2.05) is 18.2 Å². The molecule has 4 aromatic rings. The highest BCUT2D eigenvalue weighted by Gasteiger charge is 2.21. The van der Waals surface area contributed by atoms with Gasteiger partial charge in [0.05, 0.1) is 16.6 Å². The number of aryl methyl sites for hydroxylation is 1. The predicted octanol–water partition coefficient (Wildman–Crippen LogP) is 6.87. The van der Waals surface area contributed by atoms with Crippen molar-refractivity contribution in [3.05, 3.63) is 88.0 Å². The van der Waals surface area contributed by atoms with Crippen LogP contribution in [0.2, 0.25) is 0 Å². The van der Waals surface area contributed by atoms with Gasteiger partial charge in [0.2, 0.25) is 0 Å². The quantitative estimate of drug-likeness (QED) is 0.337. The maximum atomic E-state index is 10.1. The summed E-state index contributed by atoms with van der Waals surface area (Å²) in [7, 11) is 0. The minimum absolute atomic E-state index is 0.662. The van der Waals surface area contributed by atoms with Crippen LogP contribution in [0.5, 0.6) is 0 Å². The molecule has 2 heterocycles. The number of para-hydroxylation sites is 2. The molecule has 0 spiro atoms. The Morgan fingerprint density at radius 3 is 2.67 bits per heavy atom. The summed E-state index contributed by atoms with van der Waals surface area (Å²) >= 11 is 0. The molecule has 1 N–H and O–H groups in total. The number of imidazole rings is 1. The molecule has 33 heavy (non-hydrogen) atoms. The molecule has 0 aliphatic heterocycles. The van der Waals surface area contributed by atoms with Gasteiger partial charge in [0.25, 0.3) is 0 Å². The maximum absolute atomic E-state index is 10.1. The second-order valence-electron chi connectivity index (χ2n) is 9.09. The number of anilines is 1. The van der Waals surface area contributed by atoms with E-state index >= 15 is 0 Å². The van der Waals surface area contributed by atoms with Gasteiger partial charge in [-0.25, -0.2) is 4.98 Å². The van der Waals surface area contributed by atoms with Crippen molar-refractivity contribution in [3.8, 4) is 6.07 Å². The molecule has 0 atom stereocenters. The molecule has 0 radical (unpaired) electrons. The second-order valence-corrected chi connectivity index (χ2v) is 9.09. The number of nitriles is 1. The number of allylic oxidation sites excluding steroid dienone is 1. The van der Waals surface area contributed by atoms with E-state index in [1.165, 1.54) is 42.4 Å². The predicted molar refractivity (Wildman–Crippen MR) is 136 cm³/mol. The van der Waals surface area contributed by atoms with Crippen molar-refractivity contribution in [1.29, 1.82) is 5.26 Å². The SMILES string of the molecule is Cc1ccccc1Cc1c(C)c(C#N)c2nc3ccccc3n2c1NCCC1=CCCCC1. The van der Waals surface area contributed by atoms with Crippen LogP contribution in [-0.4, -0.2) is 15.9 Å². The Kier molecular flexibility index (Phi) is 5.88. The Balaban J connectivity index is 1.67. The minimum Gasteiger partial charge on any atom is -0.371 e. The van der Waals surface area contributed by atoms with Crippen LogP contribution >= 0.6 is 0 Å². The standard InChI is InChI=1S/C29H30N4/c1-20-10-6-7-13-23(20)18-24-21(2)25(19-30)29-32-26-14-8-9-15-27(26)33(29)28(24)31-17-16-22-11-4-3-5-12-22/h6-11,13-15,31H,3-5,12,16-18H2,1-2H3. The molecular weight excluding hydrogens is 404 g/mol. The lowest BCUT2D eigenvalue weighted by atomic mass is 9.95. The monoisotopic (exact) mass is 434 g/mol. The zero-order valence-corrected chi connectivity index (χ0v) is 19.5. The number of nitrogens with zero attached hydrogens (tertiary/aromatic N) is 3. The Bertz CT molecular complexity index is 1400. The fourth-order valence-electron chi connectivity index (χ4n) is 5.06. The molecule has 1 aliphatic carbocycles. The van der Waals surface area contributed by atoms with Gasteiger partial charge in [-0.1, -0.05) is 48.0 Å². The lowest BCUT2D eigenvalue weighted by Crippen LogP contribution is -2.13. The zero-order chi connectivity index (χ0) is 22.8. The number of rotatable bonds is 6. The molecule has 166 valence electrons. The molecule has 4 heteroatoms. The molecule has 1 aliphatic rings. The molecule has 0 bridgehead atoms. The summed E-state index contributed by atoms with van der Waals surface area (Å²) in [6.07, 6.45) is 9.29. The molecular formula is C29H30N4. The minimum atomic E-state index is 0.662. The van der Waals surface area contributed by atoms with Crippen molar-refractivity contribution in [1.82, 2.24) is 9.38 Å². The highest BCUT2D eigenvalue weighted by molar-refractivity contribution is 5.86. The number of hydrogen-bond acceptors (Lipinski definition) is 3. The average molecular weight is 435 g/mol. The summed E-state index contributed by atoms with van der Waals surface area (Å²) in [6, 6.07) is 19.1. The van der Waals surface area contributed by atoms with Crippen molar-refractivity contribution in [3.63, 3.8) is 0 Å². The Hall–Kier alpha value is -3.58. The summed E-state index contributed by atoms with van der Waals surface area (Å²) in [5, 5.41) is 13.9. The highest BCUT2D eigenvalue weighted by atomic mass is 15.1. The van der Waals surface area contributed by atoms with Crippen molar-refractivity contribution in [2.24, 2.45) is 0 Å². The maximum Gasteiger partial charge on any atom is 0.157 e. The van der Waals surface area contributed by atoms with Gasteiger partial charge in [-0.15, -0.1) is 0 Å². The molecule has 2 aromatic carbocycles. The van der Waals surface area contributed by atoms with E-state index in [4.69, 9.17) is 4.98 Å². The third-order valence-corrected chi connectivity index (χ3v) is 6.99. The first-order valence-electron chi connectivity index (χ1n) is 12.0. The summed E-state index contributed by atoms with van der Waals surface area (Å²) < 4.78 is 2.17. The third kappa shape index (κ3) is 4.00. The van der Waals surface area contributed by atoms with E-state index in [2.05, 4.69) is 66.0 Å². The summed E-state index contributed by atoms with van der Waals surface area (Å²) in [5.74, 6) is 1.06. The van der Waals surface area contributed by atoms with E-state index in [1.54, 1.807) is 5.57 Å². The molecule has 0 unspecified atom stereocenters. The van der Waals surface area contributed by atoms with E-state index in [0.717, 1.165) is 47.4 Å². The number of benzene rings is 2. The Morgan fingerprint density at radius 2 is 1.88 bits per heavy atom. The zero-order valence-electron chi connectivity index (χ0n) is 19.5. The summed E-state index contributed by atoms with van der Waals surface area (Å²) in [6.45, 7) is 5.10. The molecule has 0 saturated carbocycles. The van der Waals surface area contributed by atoms with Gasteiger partial charge in [-0.2, -0.15) is 5.26 Å². The Morgan fingerprint density at radius 1 is 1.06 bits per heavy atom. The van der Waals surface area contributed by atoms with Crippen LogP contribution in [0.4, 0.5) is 5.82 Å². The topological polar surface area (TPSA) is 53.1 Å². The van der Waals surface area contributed by atoms with E-state index in [-0.39, 0.29) is 0 Å². The molecule has 2 aromatic heterocycles. The largest absolute Gasteiger partial charge is 0.371 e. The van der Waals surface area contributed by atoms with Crippen molar-refractivity contribution in [2.75, 3.05) is 11.9 Å². The van der Waals surface area contributed by atoms with Crippen LogP contribution < -0.4 is 5.32 Å². The van der Waals surface area contributed by atoms with Gasteiger partial charge in [0.15, 0.2) is 5.65 Å². The average Bonchev–Trinajstić information content (AvgIpc) is 3.22. The molecule has 0 fully saturated rings. The van der Waals surface area contributed by atoms with Crippen LogP contribution in [0.25, 0.3) is 16.7 Å². The number of pyridine rings is 1.